The van der Waals surface area contributed by atoms with E-state index in [0.29, 0.717) is 0 Å². The Balaban J connectivity index is 1.97. The highest BCUT2D eigenvalue weighted by Gasteiger charge is 2.13. The van der Waals surface area contributed by atoms with Crippen molar-refractivity contribution in [3.05, 3.63) is 72.1 Å². The van der Waals surface area contributed by atoms with Crippen molar-refractivity contribution in [2.75, 3.05) is 7.11 Å². The SMILES string of the molecule is COc1c/c(=C2/N=c3ccccc3=C2I)[nH]c1=Cc1[nH]c(C)c(I)c1C. The number of nitrogens with zero attached hydrogens (tertiary/aromatic N) is 1. The molecule has 3 heterocycles. The van der Waals surface area contributed by atoms with Crippen LogP contribution in [0.3, 0.4) is 0 Å². The summed E-state index contributed by atoms with van der Waals surface area (Å²) < 4.78 is 8.01. The molecule has 0 atom stereocenters. The highest BCUT2D eigenvalue weighted by Crippen LogP contribution is 2.22. The highest BCUT2D eigenvalue weighted by atomic mass is 127. The molecule has 1 aromatic carbocycles. The van der Waals surface area contributed by atoms with E-state index in [4.69, 9.17) is 9.73 Å². The number of fused-ring (bicyclic) bond motifs is 1. The molecule has 2 N–H and O–H groups in total. The first-order valence-electron chi connectivity index (χ1n) is 8.17. The van der Waals surface area contributed by atoms with E-state index in [0.717, 1.165) is 36.8 Å². The van der Waals surface area contributed by atoms with Gasteiger partial charge in [-0.05, 0) is 76.7 Å². The molecule has 0 amide bonds. The van der Waals surface area contributed by atoms with Crippen molar-refractivity contribution in [1.29, 1.82) is 0 Å². The molecule has 0 fully saturated rings. The van der Waals surface area contributed by atoms with E-state index in [2.05, 4.69) is 81.1 Å². The molecule has 26 heavy (non-hydrogen) atoms. The van der Waals surface area contributed by atoms with Crippen molar-refractivity contribution in [2.24, 2.45) is 4.99 Å². The minimum Gasteiger partial charge on any atom is -0.494 e. The quantitative estimate of drug-likeness (QED) is 0.458. The molecule has 4 nitrogen and oxygen atoms in total. The fourth-order valence-electron chi connectivity index (χ4n) is 3.13. The Morgan fingerprint density at radius 1 is 1.12 bits per heavy atom. The van der Waals surface area contributed by atoms with Crippen LogP contribution in [0.15, 0.2) is 35.3 Å². The predicted octanol–water partition coefficient (Wildman–Crippen LogP) is 2.39. The number of hydrogen-bond acceptors (Lipinski definition) is 2. The van der Waals surface area contributed by atoms with E-state index in [9.17, 15) is 0 Å². The van der Waals surface area contributed by atoms with Crippen LogP contribution in [-0.2, 0) is 0 Å². The average Bonchev–Trinajstić information content (AvgIpc) is 3.27. The minimum atomic E-state index is 0.810. The third-order valence-electron chi connectivity index (χ3n) is 4.54. The Morgan fingerprint density at radius 2 is 1.88 bits per heavy atom. The number of aromatic nitrogens is 2. The van der Waals surface area contributed by atoms with Crippen LogP contribution in [0, 0.1) is 17.4 Å². The third-order valence-corrected chi connectivity index (χ3v) is 7.25. The molecule has 4 rings (SSSR count). The zero-order valence-corrected chi connectivity index (χ0v) is 18.9. The van der Waals surface area contributed by atoms with Gasteiger partial charge in [-0.2, -0.15) is 0 Å². The second kappa shape index (κ2) is 6.88. The van der Waals surface area contributed by atoms with Crippen molar-refractivity contribution in [3.8, 4) is 5.75 Å². The van der Waals surface area contributed by atoms with Gasteiger partial charge < -0.3 is 14.7 Å². The molecule has 1 aliphatic rings. The van der Waals surface area contributed by atoms with Crippen LogP contribution in [0.1, 0.15) is 17.0 Å². The summed E-state index contributed by atoms with van der Waals surface area (Å²) in [4.78, 5) is 11.7. The summed E-state index contributed by atoms with van der Waals surface area (Å²) in [5.74, 6) is 0.810. The smallest absolute Gasteiger partial charge is 0.144 e. The molecule has 1 aliphatic heterocycles. The molecule has 0 spiro atoms. The first-order chi connectivity index (χ1) is 12.5. The molecular weight excluding hydrogens is 552 g/mol. The van der Waals surface area contributed by atoms with Gasteiger partial charge in [-0.25, -0.2) is 4.99 Å². The molecule has 132 valence electrons. The molecule has 0 aliphatic carbocycles. The van der Waals surface area contributed by atoms with Crippen LogP contribution >= 0.6 is 45.2 Å². The number of hydrogen-bond donors (Lipinski definition) is 2. The number of halogens is 2. The number of aryl methyl sites for hydroxylation is 1. The van der Waals surface area contributed by atoms with Gasteiger partial charge in [0.05, 0.1) is 26.7 Å². The van der Waals surface area contributed by atoms with Gasteiger partial charge in [0.25, 0.3) is 0 Å². The van der Waals surface area contributed by atoms with Gasteiger partial charge in [-0.15, -0.1) is 0 Å². The Labute approximate surface area is 178 Å². The Morgan fingerprint density at radius 3 is 2.54 bits per heavy atom. The maximum atomic E-state index is 5.60. The van der Waals surface area contributed by atoms with E-state index < -0.39 is 0 Å². The highest BCUT2D eigenvalue weighted by molar-refractivity contribution is 14.1. The van der Waals surface area contributed by atoms with E-state index in [1.165, 1.54) is 20.0 Å². The molecule has 0 bridgehead atoms. The molecule has 6 heteroatoms. The lowest BCUT2D eigenvalue weighted by Crippen LogP contribution is -2.20. The topological polar surface area (TPSA) is 53.2 Å². The number of nitrogens with one attached hydrogen (secondary N) is 2. The number of para-hydroxylation sites is 1. The summed E-state index contributed by atoms with van der Waals surface area (Å²) in [6.07, 6.45) is 2.10. The third kappa shape index (κ3) is 2.92. The molecule has 2 aromatic heterocycles. The van der Waals surface area contributed by atoms with E-state index in [1.54, 1.807) is 7.11 Å². The van der Waals surface area contributed by atoms with Gasteiger partial charge in [0, 0.05) is 26.2 Å². The monoisotopic (exact) mass is 569 g/mol. The lowest BCUT2D eigenvalue weighted by atomic mass is 10.2. The maximum Gasteiger partial charge on any atom is 0.144 e. The maximum absolute atomic E-state index is 5.60. The van der Waals surface area contributed by atoms with Crippen LogP contribution in [-0.4, -0.2) is 17.1 Å². The van der Waals surface area contributed by atoms with E-state index >= 15 is 0 Å². The molecule has 0 radical (unpaired) electrons. The molecule has 3 aromatic rings. The number of aromatic amines is 2. The molecule has 0 unspecified atom stereocenters. The molecule has 0 saturated carbocycles. The van der Waals surface area contributed by atoms with Crippen molar-refractivity contribution in [3.63, 3.8) is 0 Å². The van der Waals surface area contributed by atoms with Gasteiger partial charge in [0.2, 0.25) is 0 Å². The summed E-state index contributed by atoms with van der Waals surface area (Å²) in [6, 6.07) is 10.2. The summed E-state index contributed by atoms with van der Waals surface area (Å²) in [5.41, 5.74) is 4.47. The van der Waals surface area contributed by atoms with Gasteiger partial charge >= 0.3 is 0 Å². The van der Waals surface area contributed by atoms with Crippen LogP contribution in [0.5, 0.6) is 5.75 Å². The van der Waals surface area contributed by atoms with Crippen molar-refractivity contribution in [2.45, 2.75) is 13.8 Å². The van der Waals surface area contributed by atoms with Gasteiger partial charge in [-0.1, -0.05) is 18.2 Å². The molecular formula is C20H17I2N3O. The summed E-state index contributed by atoms with van der Waals surface area (Å²) >= 11 is 4.74. The number of methoxy groups -OCH3 is 1. The van der Waals surface area contributed by atoms with Crippen LogP contribution in [0.2, 0.25) is 0 Å². The summed E-state index contributed by atoms with van der Waals surface area (Å²) in [7, 11) is 1.70. The lowest BCUT2D eigenvalue weighted by molar-refractivity contribution is 0.412. The lowest BCUT2D eigenvalue weighted by Gasteiger charge is -1.94. The fraction of sp³-hybridized carbons (Fsp3) is 0.150. The average molecular weight is 569 g/mol. The largest absolute Gasteiger partial charge is 0.494 e. The number of ether oxygens (including phenoxy) is 1. The normalized spacial score (nSPS) is 16.0. The van der Waals surface area contributed by atoms with Gasteiger partial charge in [0.1, 0.15) is 11.4 Å². The second-order valence-electron chi connectivity index (χ2n) is 6.20. The van der Waals surface area contributed by atoms with Crippen molar-refractivity contribution >= 4 is 60.5 Å². The van der Waals surface area contributed by atoms with Gasteiger partial charge in [-0.3, -0.25) is 0 Å². The van der Waals surface area contributed by atoms with E-state index in [1.807, 2.05) is 24.3 Å². The summed E-state index contributed by atoms with van der Waals surface area (Å²) in [5, 5.41) is 4.08. The standard InChI is InChI=1S/C20H17I2N3O/c1-10-14(23-11(2)18(10)21)8-15-17(26-3)9-16(24-15)20-19(22)12-6-4-5-7-13(12)25-20/h4-9,23-24H,1-3H3/b15-8?,20-16-. The number of benzene rings is 1. The van der Waals surface area contributed by atoms with Crippen LogP contribution in [0.25, 0.3) is 15.4 Å². The van der Waals surface area contributed by atoms with E-state index in [-0.39, 0.29) is 0 Å². The number of H-pyrrole nitrogens is 2. The van der Waals surface area contributed by atoms with Crippen molar-refractivity contribution < 1.29 is 4.74 Å². The van der Waals surface area contributed by atoms with Crippen molar-refractivity contribution in [1.82, 2.24) is 9.97 Å². The zero-order chi connectivity index (χ0) is 18.4. The fourth-order valence-corrected chi connectivity index (χ4v) is 4.42. The first-order valence-corrected chi connectivity index (χ1v) is 10.3. The zero-order valence-electron chi connectivity index (χ0n) is 14.6. The Hall–Kier alpha value is -1.55. The van der Waals surface area contributed by atoms with Gasteiger partial charge in [0.15, 0.2) is 0 Å². The summed E-state index contributed by atoms with van der Waals surface area (Å²) in [6.45, 7) is 4.22. The Kier molecular flexibility index (Phi) is 4.72. The first kappa shape index (κ1) is 17.8. The minimum absolute atomic E-state index is 0.810. The number of rotatable bonds is 2. The molecule has 0 saturated heterocycles. The Bertz CT molecular complexity index is 1270. The predicted molar refractivity (Wildman–Crippen MR) is 121 cm³/mol. The second-order valence-corrected chi connectivity index (χ2v) is 8.36. The van der Waals surface area contributed by atoms with Crippen LogP contribution in [0.4, 0.5) is 0 Å². The van der Waals surface area contributed by atoms with Crippen LogP contribution < -0.4 is 26.0 Å².